The SMILES string of the molecule is O=C(O)CCCCCCCCCCCCCCCCCCl. The van der Waals surface area contributed by atoms with Crippen molar-refractivity contribution in [1.29, 1.82) is 0 Å². The normalized spacial score (nSPS) is 10.9. The minimum Gasteiger partial charge on any atom is -0.481 e. The number of carboxylic acids is 1. The molecule has 0 aromatic heterocycles. The molecule has 0 aromatic carbocycles. The molecule has 0 aliphatic heterocycles. The summed E-state index contributed by atoms with van der Waals surface area (Å²) in [4.78, 5) is 10.3. The highest BCUT2D eigenvalue weighted by Gasteiger charge is 1.97. The van der Waals surface area contributed by atoms with E-state index in [0.717, 1.165) is 18.7 Å². The van der Waals surface area contributed by atoms with Crippen molar-refractivity contribution >= 4 is 17.6 Å². The Bertz CT molecular complexity index is 219. The van der Waals surface area contributed by atoms with Crippen LogP contribution in [0.3, 0.4) is 0 Å². The van der Waals surface area contributed by atoms with Crippen LogP contribution in [-0.2, 0) is 4.79 Å². The molecule has 0 unspecified atom stereocenters. The molecule has 3 heteroatoms. The maximum atomic E-state index is 10.3. The predicted molar refractivity (Wildman–Crippen MR) is 92.2 cm³/mol. The lowest BCUT2D eigenvalue weighted by molar-refractivity contribution is -0.137. The van der Waals surface area contributed by atoms with Crippen LogP contribution in [0.2, 0.25) is 0 Å². The van der Waals surface area contributed by atoms with Gasteiger partial charge in [0.25, 0.3) is 0 Å². The molecular weight excluding hydrogens is 284 g/mol. The Morgan fingerprint density at radius 3 is 1.14 bits per heavy atom. The smallest absolute Gasteiger partial charge is 0.303 e. The largest absolute Gasteiger partial charge is 0.481 e. The highest BCUT2D eigenvalue weighted by Crippen LogP contribution is 2.13. The first-order chi connectivity index (χ1) is 10.3. The average molecular weight is 319 g/mol. The van der Waals surface area contributed by atoms with Gasteiger partial charge in [-0.2, -0.15) is 0 Å². The van der Waals surface area contributed by atoms with Gasteiger partial charge in [0, 0.05) is 12.3 Å². The Balaban J connectivity index is 2.95. The van der Waals surface area contributed by atoms with E-state index in [9.17, 15) is 4.79 Å². The molecule has 2 nitrogen and oxygen atoms in total. The molecule has 0 rings (SSSR count). The van der Waals surface area contributed by atoms with Crippen LogP contribution in [0, 0.1) is 0 Å². The number of rotatable bonds is 17. The van der Waals surface area contributed by atoms with Gasteiger partial charge in [-0.15, -0.1) is 11.6 Å². The number of halogens is 1. The van der Waals surface area contributed by atoms with Crippen molar-refractivity contribution in [2.75, 3.05) is 5.88 Å². The number of hydrogen-bond acceptors (Lipinski definition) is 1. The van der Waals surface area contributed by atoms with Crippen molar-refractivity contribution < 1.29 is 9.90 Å². The third kappa shape index (κ3) is 19.8. The molecule has 0 aliphatic rings. The molecule has 0 spiro atoms. The molecular formula is C18H35ClO2. The van der Waals surface area contributed by atoms with E-state index in [0.29, 0.717) is 6.42 Å². The number of aliphatic carboxylic acids is 1. The lowest BCUT2D eigenvalue weighted by Crippen LogP contribution is -1.93. The standard InChI is InChI=1S/C18H35ClO2/c19-17-15-13-11-9-7-5-3-1-2-4-6-8-10-12-14-16-18(20)21/h1-17H2,(H,20,21). The summed E-state index contributed by atoms with van der Waals surface area (Å²) in [6.07, 6.45) is 19.6. The van der Waals surface area contributed by atoms with Crippen LogP contribution in [0.4, 0.5) is 0 Å². The maximum Gasteiger partial charge on any atom is 0.303 e. The third-order valence-corrected chi connectivity index (χ3v) is 4.29. The highest BCUT2D eigenvalue weighted by atomic mass is 35.5. The summed E-state index contributed by atoms with van der Waals surface area (Å²) in [6.45, 7) is 0. The molecule has 126 valence electrons. The van der Waals surface area contributed by atoms with E-state index >= 15 is 0 Å². The van der Waals surface area contributed by atoms with Crippen molar-refractivity contribution in [3.63, 3.8) is 0 Å². The van der Waals surface area contributed by atoms with Crippen LogP contribution in [0.25, 0.3) is 0 Å². The van der Waals surface area contributed by atoms with Crippen molar-refractivity contribution in [2.24, 2.45) is 0 Å². The van der Waals surface area contributed by atoms with Crippen molar-refractivity contribution in [2.45, 2.75) is 103 Å². The van der Waals surface area contributed by atoms with E-state index < -0.39 is 5.97 Å². The van der Waals surface area contributed by atoms with E-state index in [-0.39, 0.29) is 0 Å². The van der Waals surface area contributed by atoms with Crippen LogP contribution >= 0.6 is 11.6 Å². The van der Waals surface area contributed by atoms with E-state index in [1.165, 1.54) is 83.5 Å². The quantitative estimate of drug-likeness (QED) is 0.244. The molecule has 0 heterocycles. The van der Waals surface area contributed by atoms with Crippen LogP contribution in [0.5, 0.6) is 0 Å². The zero-order valence-corrected chi connectivity index (χ0v) is 14.5. The van der Waals surface area contributed by atoms with Gasteiger partial charge in [-0.1, -0.05) is 83.5 Å². The summed E-state index contributed by atoms with van der Waals surface area (Å²) in [5.74, 6) is 0.161. The van der Waals surface area contributed by atoms with Gasteiger partial charge >= 0.3 is 5.97 Å². The molecule has 0 aliphatic carbocycles. The fourth-order valence-corrected chi connectivity index (χ4v) is 2.86. The van der Waals surface area contributed by atoms with Gasteiger partial charge in [0.05, 0.1) is 0 Å². The fourth-order valence-electron chi connectivity index (χ4n) is 2.67. The lowest BCUT2D eigenvalue weighted by Gasteiger charge is -2.03. The van der Waals surface area contributed by atoms with Gasteiger partial charge in [-0.25, -0.2) is 0 Å². The lowest BCUT2D eigenvalue weighted by atomic mass is 10.0. The molecule has 0 fully saturated rings. The van der Waals surface area contributed by atoms with Crippen molar-refractivity contribution in [3.05, 3.63) is 0 Å². The Morgan fingerprint density at radius 1 is 0.571 bits per heavy atom. The summed E-state index contributed by atoms with van der Waals surface area (Å²) in [5, 5.41) is 8.52. The minimum atomic E-state index is -0.658. The highest BCUT2D eigenvalue weighted by molar-refractivity contribution is 6.17. The van der Waals surface area contributed by atoms with Gasteiger partial charge in [-0.05, 0) is 12.8 Å². The molecule has 0 bridgehead atoms. The average Bonchev–Trinajstić information content (AvgIpc) is 2.46. The van der Waals surface area contributed by atoms with Crippen molar-refractivity contribution in [3.8, 4) is 0 Å². The van der Waals surface area contributed by atoms with E-state index in [2.05, 4.69) is 0 Å². The summed E-state index contributed by atoms with van der Waals surface area (Å²) in [5.41, 5.74) is 0. The van der Waals surface area contributed by atoms with Gasteiger partial charge in [-0.3, -0.25) is 4.79 Å². The fraction of sp³-hybridized carbons (Fsp3) is 0.944. The monoisotopic (exact) mass is 318 g/mol. The molecule has 0 amide bonds. The number of unbranched alkanes of at least 4 members (excludes halogenated alkanes) is 14. The summed E-state index contributed by atoms with van der Waals surface area (Å²) < 4.78 is 0. The molecule has 21 heavy (non-hydrogen) atoms. The molecule has 0 atom stereocenters. The van der Waals surface area contributed by atoms with Gasteiger partial charge in [0.15, 0.2) is 0 Å². The van der Waals surface area contributed by atoms with Crippen LogP contribution in [0.15, 0.2) is 0 Å². The first kappa shape index (κ1) is 20.8. The number of hydrogen-bond donors (Lipinski definition) is 1. The second kappa shape index (κ2) is 17.8. The van der Waals surface area contributed by atoms with Crippen molar-refractivity contribution in [1.82, 2.24) is 0 Å². The predicted octanol–water partition coefficient (Wildman–Crippen LogP) is 6.55. The summed E-state index contributed by atoms with van der Waals surface area (Å²) in [7, 11) is 0. The summed E-state index contributed by atoms with van der Waals surface area (Å²) in [6, 6.07) is 0. The number of carbonyl (C=O) groups is 1. The van der Waals surface area contributed by atoms with Crippen LogP contribution < -0.4 is 0 Å². The van der Waals surface area contributed by atoms with E-state index in [4.69, 9.17) is 16.7 Å². The molecule has 1 N–H and O–H groups in total. The zero-order valence-electron chi connectivity index (χ0n) is 13.8. The first-order valence-electron chi connectivity index (χ1n) is 9.05. The Hall–Kier alpha value is -0.240. The molecule has 0 aromatic rings. The Labute approximate surface area is 136 Å². The van der Waals surface area contributed by atoms with E-state index in [1.807, 2.05) is 0 Å². The first-order valence-corrected chi connectivity index (χ1v) is 9.58. The zero-order chi connectivity index (χ0) is 15.6. The van der Waals surface area contributed by atoms with Crippen LogP contribution in [-0.4, -0.2) is 17.0 Å². The molecule has 0 saturated carbocycles. The Kier molecular flexibility index (Phi) is 17.6. The van der Waals surface area contributed by atoms with Gasteiger partial charge in [0.2, 0.25) is 0 Å². The number of alkyl halides is 1. The number of carboxylic acid groups (broad SMARTS) is 1. The summed E-state index contributed by atoms with van der Waals surface area (Å²) >= 11 is 5.65. The van der Waals surface area contributed by atoms with Crippen LogP contribution in [0.1, 0.15) is 103 Å². The van der Waals surface area contributed by atoms with Gasteiger partial charge in [0.1, 0.15) is 0 Å². The second-order valence-electron chi connectivity index (χ2n) is 6.14. The second-order valence-corrected chi connectivity index (χ2v) is 6.51. The van der Waals surface area contributed by atoms with Gasteiger partial charge < -0.3 is 5.11 Å². The van der Waals surface area contributed by atoms with E-state index in [1.54, 1.807) is 0 Å². The molecule has 0 saturated heterocycles. The Morgan fingerprint density at radius 2 is 0.857 bits per heavy atom. The maximum absolute atomic E-state index is 10.3. The third-order valence-electron chi connectivity index (χ3n) is 4.02. The minimum absolute atomic E-state index is 0.339. The topological polar surface area (TPSA) is 37.3 Å². The molecule has 0 radical (unpaired) electrons.